The second-order valence-electron chi connectivity index (χ2n) is 5.59. The highest BCUT2D eigenvalue weighted by molar-refractivity contribution is 5.94. The minimum absolute atomic E-state index is 0.0424. The number of nitrogens with zero attached hydrogens (tertiary/aromatic N) is 2. The highest BCUT2D eigenvalue weighted by atomic mass is 16.5. The number of carbonyl (C=O) groups excluding carboxylic acids is 1. The van der Waals surface area contributed by atoms with Gasteiger partial charge in [-0.1, -0.05) is 12.1 Å². The fourth-order valence-corrected chi connectivity index (χ4v) is 2.39. The van der Waals surface area contributed by atoms with Crippen LogP contribution in [-0.4, -0.2) is 35.4 Å². The Balaban J connectivity index is 1.86. The largest absolute Gasteiger partial charge is 0.382 e. The number of hydrogen-bond donors (Lipinski definition) is 1. The van der Waals surface area contributed by atoms with Gasteiger partial charge in [-0.05, 0) is 51.0 Å². The summed E-state index contributed by atoms with van der Waals surface area (Å²) in [5.41, 5.74) is 3.96. The Labute approximate surface area is 137 Å². The summed E-state index contributed by atoms with van der Waals surface area (Å²) < 4.78 is 7.22. The van der Waals surface area contributed by atoms with E-state index >= 15 is 0 Å². The van der Waals surface area contributed by atoms with E-state index in [4.69, 9.17) is 4.74 Å². The van der Waals surface area contributed by atoms with Gasteiger partial charge in [-0.25, -0.2) is 0 Å². The lowest BCUT2D eigenvalue weighted by Gasteiger charge is -2.07. The van der Waals surface area contributed by atoms with Crippen molar-refractivity contribution in [1.29, 1.82) is 0 Å². The fraction of sp³-hybridized carbons (Fsp3) is 0.444. The van der Waals surface area contributed by atoms with Gasteiger partial charge in [-0.3, -0.25) is 9.48 Å². The molecule has 0 aliphatic carbocycles. The number of aryl methyl sites for hydroxylation is 2. The van der Waals surface area contributed by atoms with Gasteiger partial charge in [0.05, 0.1) is 12.2 Å². The fourth-order valence-electron chi connectivity index (χ4n) is 2.39. The van der Waals surface area contributed by atoms with E-state index in [1.54, 1.807) is 0 Å². The van der Waals surface area contributed by atoms with Gasteiger partial charge in [0, 0.05) is 31.0 Å². The SMILES string of the molecule is CCOCCCNC(=O)c1ccc(Cn2nc(C)cc2C)cc1. The summed E-state index contributed by atoms with van der Waals surface area (Å²) in [4.78, 5) is 12.0. The molecular weight excluding hydrogens is 290 g/mol. The van der Waals surface area contributed by atoms with Crippen LogP contribution in [-0.2, 0) is 11.3 Å². The highest BCUT2D eigenvalue weighted by Gasteiger charge is 2.06. The molecule has 0 atom stereocenters. The molecule has 124 valence electrons. The summed E-state index contributed by atoms with van der Waals surface area (Å²) in [6.45, 7) is 8.74. The maximum atomic E-state index is 12.0. The number of carbonyl (C=O) groups is 1. The Morgan fingerprint density at radius 3 is 2.61 bits per heavy atom. The zero-order chi connectivity index (χ0) is 16.7. The van der Waals surface area contributed by atoms with Gasteiger partial charge in [0.15, 0.2) is 0 Å². The van der Waals surface area contributed by atoms with Gasteiger partial charge in [0.1, 0.15) is 0 Å². The lowest BCUT2D eigenvalue weighted by Crippen LogP contribution is -2.25. The average Bonchev–Trinajstić information content (AvgIpc) is 2.85. The van der Waals surface area contributed by atoms with Gasteiger partial charge < -0.3 is 10.1 Å². The Bertz CT molecular complexity index is 632. The number of aromatic nitrogens is 2. The van der Waals surface area contributed by atoms with Gasteiger partial charge in [-0.2, -0.15) is 5.10 Å². The predicted molar refractivity (Wildman–Crippen MR) is 90.7 cm³/mol. The lowest BCUT2D eigenvalue weighted by atomic mass is 10.1. The first-order valence-electron chi connectivity index (χ1n) is 8.06. The first-order valence-corrected chi connectivity index (χ1v) is 8.06. The molecule has 5 heteroatoms. The highest BCUT2D eigenvalue weighted by Crippen LogP contribution is 2.09. The van der Waals surface area contributed by atoms with Crippen LogP contribution in [0.1, 0.15) is 40.7 Å². The van der Waals surface area contributed by atoms with Crippen LogP contribution in [0, 0.1) is 13.8 Å². The van der Waals surface area contributed by atoms with Crippen LogP contribution in [0.5, 0.6) is 0 Å². The standard InChI is InChI=1S/C18H25N3O2/c1-4-23-11-5-10-19-18(22)17-8-6-16(7-9-17)13-21-15(3)12-14(2)20-21/h6-9,12H,4-5,10-11,13H2,1-3H3,(H,19,22). The molecular formula is C18H25N3O2. The molecule has 2 aromatic rings. The van der Waals surface area contributed by atoms with E-state index in [1.807, 2.05) is 49.7 Å². The van der Waals surface area contributed by atoms with Crippen LogP contribution in [0.3, 0.4) is 0 Å². The molecule has 5 nitrogen and oxygen atoms in total. The van der Waals surface area contributed by atoms with Crippen molar-refractivity contribution in [3.63, 3.8) is 0 Å². The van der Waals surface area contributed by atoms with Crippen molar-refractivity contribution < 1.29 is 9.53 Å². The Hall–Kier alpha value is -2.14. The minimum atomic E-state index is -0.0424. The van der Waals surface area contributed by atoms with Crippen LogP contribution in [0.4, 0.5) is 0 Å². The topological polar surface area (TPSA) is 56.1 Å². The first kappa shape index (κ1) is 17.2. The van der Waals surface area contributed by atoms with Crippen LogP contribution < -0.4 is 5.32 Å². The Morgan fingerprint density at radius 1 is 1.26 bits per heavy atom. The third kappa shape index (κ3) is 5.21. The Kier molecular flexibility index (Phi) is 6.35. The van der Waals surface area contributed by atoms with Crippen LogP contribution in [0.15, 0.2) is 30.3 Å². The number of rotatable bonds is 8. The molecule has 0 radical (unpaired) electrons. The molecule has 0 spiro atoms. The first-order chi connectivity index (χ1) is 11.1. The molecule has 0 fully saturated rings. The quantitative estimate of drug-likeness (QED) is 0.762. The zero-order valence-electron chi connectivity index (χ0n) is 14.1. The summed E-state index contributed by atoms with van der Waals surface area (Å²) >= 11 is 0. The van der Waals surface area contributed by atoms with Crippen molar-refractivity contribution in [1.82, 2.24) is 15.1 Å². The summed E-state index contributed by atoms with van der Waals surface area (Å²) in [7, 11) is 0. The minimum Gasteiger partial charge on any atom is -0.382 e. The van der Waals surface area contributed by atoms with E-state index in [0.29, 0.717) is 25.3 Å². The summed E-state index contributed by atoms with van der Waals surface area (Å²) in [5, 5.41) is 7.36. The molecule has 0 saturated heterocycles. The predicted octanol–water partition coefficient (Wildman–Crippen LogP) is 2.70. The third-order valence-electron chi connectivity index (χ3n) is 3.61. The van der Waals surface area contributed by atoms with E-state index in [-0.39, 0.29) is 5.91 Å². The van der Waals surface area contributed by atoms with E-state index in [9.17, 15) is 4.79 Å². The molecule has 0 saturated carbocycles. The van der Waals surface area contributed by atoms with Gasteiger partial charge in [0.2, 0.25) is 0 Å². The van der Waals surface area contributed by atoms with Crippen molar-refractivity contribution >= 4 is 5.91 Å². The maximum Gasteiger partial charge on any atom is 0.251 e. The van der Waals surface area contributed by atoms with E-state index < -0.39 is 0 Å². The van der Waals surface area contributed by atoms with Crippen LogP contribution in [0.25, 0.3) is 0 Å². The zero-order valence-corrected chi connectivity index (χ0v) is 14.1. The molecule has 1 aromatic heterocycles. The molecule has 23 heavy (non-hydrogen) atoms. The molecule has 1 heterocycles. The van der Waals surface area contributed by atoms with Crippen molar-refractivity contribution in [3.8, 4) is 0 Å². The average molecular weight is 315 g/mol. The number of benzene rings is 1. The summed E-state index contributed by atoms with van der Waals surface area (Å²) in [6.07, 6.45) is 0.829. The molecule has 1 amide bonds. The summed E-state index contributed by atoms with van der Waals surface area (Å²) in [5.74, 6) is -0.0424. The van der Waals surface area contributed by atoms with Gasteiger partial charge in [-0.15, -0.1) is 0 Å². The van der Waals surface area contributed by atoms with E-state index in [2.05, 4.69) is 16.5 Å². The molecule has 0 aliphatic heterocycles. The van der Waals surface area contributed by atoms with Crippen molar-refractivity contribution in [2.45, 2.75) is 33.7 Å². The molecule has 0 unspecified atom stereocenters. The number of nitrogens with one attached hydrogen (secondary N) is 1. The number of ether oxygens (including phenoxy) is 1. The number of amides is 1. The molecule has 0 aliphatic rings. The van der Waals surface area contributed by atoms with Gasteiger partial charge >= 0.3 is 0 Å². The van der Waals surface area contributed by atoms with Gasteiger partial charge in [0.25, 0.3) is 5.91 Å². The van der Waals surface area contributed by atoms with Crippen LogP contribution in [0.2, 0.25) is 0 Å². The van der Waals surface area contributed by atoms with E-state index in [1.165, 1.54) is 0 Å². The summed E-state index contributed by atoms with van der Waals surface area (Å²) in [6, 6.07) is 9.74. The second kappa shape index (κ2) is 8.48. The molecule has 0 bridgehead atoms. The molecule has 1 aromatic carbocycles. The second-order valence-corrected chi connectivity index (χ2v) is 5.59. The lowest BCUT2D eigenvalue weighted by molar-refractivity contribution is 0.0944. The maximum absolute atomic E-state index is 12.0. The Morgan fingerprint density at radius 2 is 2.00 bits per heavy atom. The van der Waals surface area contributed by atoms with Crippen molar-refractivity contribution in [2.75, 3.05) is 19.8 Å². The molecule has 2 rings (SSSR count). The van der Waals surface area contributed by atoms with Crippen molar-refractivity contribution in [3.05, 3.63) is 52.8 Å². The van der Waals surface area contributed by atoms with E-state index in [0.717, 1.165) is 29.9 Å². The van der Waals surface area contributed by atoms with Crippen molar-refractivity contribution in [2.24, 2.45) is 0 Å². The number of hydrogen-bond acceptors (Lipinski definition) is 3. The smallest absolute Gasteiger partial charge is 0.251 e. The normalized spacial score (nSPS) is 10.7. The van der Waals surface area contributed by atoms with Crippen LogP contribution >= 0.6 is 0 Å². The third-order valence-corrected chi connectivity index (χ3v) is 3.61. The monoisotopic (exact) mass is 315 g/mol. The molecule has 1 N–H and O–H groups in total.